The third-order valence-corrected chi connectivity index (χ3v) is 3.74. The number of esters is 1. The van der Waals surface area contributed by atoms with Crippen LogP contribution in [0.5, 0.6) is 0 Å². The summed E-state index contributed by atoms with van der Waals surface area (Å²) in [5.41, 5.74) is 2.22. The van der Waals surface area contributed by atoms with Crippen LogP contribution in [0.1, 0.15) is 51.5 Å². The molecule has 1 aromatic rings. The van der Waals surface area contributed by atoms with Gasteiger partial charge >= 0.3 is 5.97 Å². The van der Waals surface area contributed by atoms with Crippen molar-refractivity contribution in [1.29, 1.82) is 0 Å². The van der Waals surface area contributed by atoms with Crippen LogP contribution in [0.25, 0.3) is 5.57 Å². The highest BCUT2D eigenvalue weighted by atomic mass is 19.1. The Labute approximate surface area is 119 Å². The summed E-state index contributed by atoms with van der Waals surface area (Å²) in [5, 5.41) is 0. The number of benzene rings is 1. The Morgan fingerprint density at radius 2 is 2.05 bits per heavy atom. The van der Waals surface area contributed by atoms with Gasteiger partial charge in [-0.15, -0.1) is 0 Å². The molecule has 0 radical (unpaired) electrons. The third kappa shape index (κ3) is 3.27. The van der Waals surface area contributed by atoms with Crippen LogP contribution in [-0.4, -0.2) is 12.1 Å². The first kappa shape index (κ1) is 14.8. The van der Waals surface area contributed by atoms with Gasteiger partial charge in [0.1, 0.15) is 11.9 Å². The van der Waals surface area contributed by atoms with Crippen LogP contribution >= 0.6 is 0 Å². The predicted octanol–water partition coefficient (Wildman–Crippen LogP) is 4.50. The van der Waals surface area contributed by atoms with Gasteiger partial charge < -0.3 is 4.74 Å². The normalized spacial score (nSPS) is 18.6. The van der Waals surface area contributed by atoms with Crippen LogP contribution < -0.4 is 0 Å². The van der Waals surface area contributed by atoms with E-state index in [1.165, 1.54) is 25.0 Å². The summed E-state index contributed by atoms with van der Waals surface area (Å²) in [4.78, 5) is 11.8. The van der Waals surface area contributed by atoms with Crippen LogP contribution in [0, 0.1) is 5.82 Å². The molecule has 1 aromatic carbocycles. The second-order valence-electron chi connectivity index (χ2n) is 5.29. The summed E-state index contributed by atoms with van der Waals surface area (Å²) < 4.78 is 18.8. The average Bonchev–Trinajstić information content (AvgIpc) is 2.70. The molecule has 1 atom stereocenters. The van der Waals surface area contributed by atoms with E-state index in [0.717, 1.165) is 30.4 Å². The number of carbonyl (C=O) groups is 1. The molecule has 20 heavy (non-hydrogen) atoms. The maximum Gasteiger partial charge on any atom is 0.334 e. The van der Waals surface area contributed by atoms with Crippen molar-refractivity contribution in [2.75, 3.05) is 0 Å². The molecule has 2 rings (SSSR count). The Kier molecular flexibility index (Phi) is 4.94. The van der Waals surface area contributed by atoms with Crippen molar-refractivity contribution in [3.63, 3.8) is 0 Å². The molecule has 0 spiro atoms. The lowest BCUT2D eigenvalue weighted by molar-refractivity contribution is -0.139. The van der Waals surface area contributed by atoms with Crippen LogP contribution in [0.2, 0.25) is 0 Å². The quantitative estimate of drug-likeness (QED) is 0.565. The minimum atomic E-state index is -0.285. The third-order valence-electron chi connectivity index (χ3n) is 3.74. The van der Waals surface area contributed by atoms with E-state index in [2.05, 4.69) is 6.92 Å². The summed E-state index contributed by atoms with van der Waals surface area (Å²) in [6, 6.07) is 6.39. The molecular formula is C17H21FO2. The monoisotopic (exact) mass is 276 g/mol. The number of cyclic esters (lactones) is 1. The van der Waals surface area contributed by atoms with Crippen LogP contribution in [0.15, 0.2) is 29.8 Å². The molecule has 0 N–H and O–H groups in total. The number of hydrogen-bond acceptors (Lipinski definition) is 2. The Morgan fingerprint density at radius 1 is 1.25 bits per heavy atom. The lowest BCUT2D eigenvalue weighted by atomic mass is 9.94. The summed E-state index contributed by atoms with van der Waals surface area (Å²) in [7, 11) is 0. The van der Waals surface area contributed by atoms with E-state index in [4.69, 9.17) is 4.74 Å². The number of hydrogen-bond donors (Lipinski definition) is 0. The van der Waals surface area contributed by atoms with E-state index in [9.17, 15) is 9.18 Å². The SMILES string of the molecule is CCCCCCC1OC(=O)C(C)=C1c1cccc(F)c1. The second-order valence-corrected chi connectivity index (χ2v) is 5.29. The van der Waals surface area contributed by atoms with Crippen LogP contribution in [0.4, 0.5) is 4.39 Å². The molecule has 0 amide bonds. The number of rotatable bonds is 6. The minimum Gasteiger partial charge on any atom is -0.454 e. The molecule has 3 heteroatoms. The molecule has 1 aliphatic rings. The van der Waals surface area contributed by atoms with E-state index in [-0.39, 0.29) is 17.9 Å². The fourth-order valence-electron chi connectivity index (χ4n) is 2.65. The van der Waals surface area contributed by atoms with Gasteiger partial charge in [-0.1, -0.05) is 38.3 Å². The topological polar surface area (TPSA) is 26.3 Å². The van der Waals surface area contributed by atoms with Gasteiger partial charge in [0.05, 0.1) is 0 Å². The van der Waals surface area contributed by atoms with Gasteiger partial charge in [-0.25, -0.2) is 9.18 Å². The van der Waals surface area contributed by atoms with Gasteiger partial charge in [-0.05, 0) is 37.5 Å². The molecule has 1 heterocycles. The van der Waals surface area contributed by atoms with Crippen molar-refractivity contribution < 1.29 is 13.9 Å². The zero-order valence-electron chi connectivity index (χ0n) is 12.1. The van der Waals surface area contributed by atoms with Gasteiger partial charge in [0, 0.05) is 11.1 Å². The molecule has 1 unspecified atom stereocenters. The maximum atomic E-state index is 13.4. The Morgan fingerprint density at radius 3 is 2.75 bits per heavy atom. The van der Waals surface area contributed by atoms with Crippen LogP contribution in [-0.2, 0) is 9.53 Å². The minimum absolute atomic E-state index is 0.221. The average molecular weight is 276 g/mol. The molecule has 0 aromatic heterocycles. The number of carbonyl (C=O) groups excluding carboxylic acids is 1. The molecule has 0 bridgehead atoms. The number of unbranched alkanes of at least 4 members (excludes halogenated alkanes) is 3. The first-order valence-electron chi connectivity index (χ1n) is 7.31. The van der Waals surface area contributed by atoms with Crippen molar-refractivity contribution in [3.05, 3.63) is 41.2 Å². The van der Waals surface area contributed by atoms with Gasteiger partial charge in [0.25, 0.3) is 0 Å². The van der Waals surface area contributed by atoms with E-state index < -0.39 is 0 Å². The second kappa shape index (κ2) is 6.69. The van der Waals surface area contributed by atoms with Crippen molar-refractivity contribution in [2.45, 2.75) is 52.1 Å². The first-order valence-corrected chi connectivity index (χ1v) is 7.31. The predicted molar refractivity (Wildman–Crippen MR) is 77.6 cm³/mol. The lowest BCUT2D eigenvalue weighted by Gasteiger charge is -2.14. The lowest BCUT2D eigenvalue weighted by Crippen LogP contribution is -2.11. The van der Waals surface area contributed by atoms with Crippen molar-refractivity contribution >= 4 is 11.5 Å². The van der Waals surface area contributed by atoms with E-state index in [1.54, 1.807) is 13.0 Å². The first-order chi connectivity index (χ1) is 9.63. The van der Waals surface area contributed by atoms with Gasteiger partial charge in [0.15, 0.2) is 0 Å². The largest absolute Gasteiger partial charge is 0.454 e. The van der Waals surface area contributed by atoms with E-state index >= 15 is 0 Å². The van der Waals surface area contributed by atoms with Crippen molar-refractivity contribution in [2.24, 2.45) is 0 Å². The van der Waals surface area contributed by atoms with Gasteiger partial charge in [-0.2, -0.15) is 0 Å². The highest BCUT2D eigenvalue weighted by molar-refractivity contribution is 6.02. The molecular weight excluding hydrogens is 255 g/mol. The Hall–Kier alpha value is -1.64. The van der Waals surface area contributed by atoms with Crippen molar-refractivity contribution in [1.82, 2.24) is 0 Å². The zero-order valence-corrected chi connectivity index (χ0v) is 12.1. The standard InChI is InChI=1S/C17H21FO2/c1-3-4-5-6-10-15-16(12(2)17(19)20-15)13-8-7-9-14(18)11-13/h7-9,11,15H,3-6,10H2,1-2H3. The molecule has 1 aliphatic heterocycles. The zero-order chi connectivity index (χ0) is 14.5. The molecule has 0 saturated heterocycles. The highest BCUT2D eigenvalue weighted by Crippen LogP contribution is 2.34. The highest BCUT2D eigenvalue weighted by Gasteiger charge is 2.31. The summed E-state index contributed by atoms with van der Waals surface area (Å²) in [5.74, 6) is -0.559. The molecule has 0 saturated carbocycles. The van der Waals surface area contributed by atoms with Gasteiger partial charge in [0.2, 0.25) is 0 Å². The summed E-state index contributed by atoms with van der Waals surface area (Å²) in [6.45, 7) is 3.92. The van der Waals surface area contributed by atoms with Crippen LogP contribution in [0.3, 0.4) is 0 Å². The summed E-state index contributed by atoms with van der Waals surface area (Å²) in [6.07, 6.45) is 5.13. The van der Waals surface area contributed by atoms with Gasteiger partial charge in [-0.3, -0.25) is 0 Å². The molecule has 2 nitrogen and oxygen atoms in total. The maximum absolute atomic E-state index is 13.4. The van der Waals surface area contributed by atoms with Crippen molar-refractivity contribution in [3.8, 4) is 0 Å². The molecule has 0 aliphatic carbocycles. The Bertz CT molecular complexity index is 519. The molecule has 108 valence electrons. The number of ether oxygens (including phenoxy) is 1. The summed E-state index contributed by atoms with van der Waals surface area (Å²) >= 11 is 0. The van der Waals surface area contributed by atoms with E-state index in [0.29, 0.717) is 5.57 Å². The number of halogens is 1. The Balaban J connectivity index is 2.15. The molecule has 0 fully saturated rings. The fraction of sp³-hybridized carbons (Fsp3) is 0.471. The fourth-order valence-corrected chi connectivity index (χ4v) is 2.65. The van der Waals surface area contributed by atoms with E-state index in [1.807, 2.05) is 6.07 Å². The smallest absolute Gasteiger partial charge is 0.334 e.